The van der Waals surface area contributed by atoms with E-state index in [9.17, 15) is 10.1 Å². The Bertz CT molecular complexity index is 1070. The molecule has 3 rings (SSSR count). The van der Waals surface area contributed by atoms with Gasteiger partial charge in [-0.15, -0.1) is 6.58 Å². The Kier molecular flexibility index (Phi) is 5.38. The Labute approximate surface area is 157 Å². The van der Waals surface area contributed by atoms with Crippen molar-refractivity contribution in [2.45, 2.75) is 6.54 Å². The maximum Gasteiger partial charge on any atom is 0.266 e. The predicted molar refractivity (Wildman–Crippen MR) is 107 cm³/mol. The molecule has 0 bridgehead atoms. The lowest BCUT2D eigenvalue weighted by atomic mass is 10.1. The number of rotatable bonds is 6. The maximum absolute atomic E-state index is 12.6. The highest BCUT2D eigenvalue weighted by Gasteiger charge is 2.14. The SMILES string of the molecule is C=CCn1cc(C=C(C#N)C(=O)Nc2ccccc2OC)c2ccccc21. The fourth-order valence-corrected chi connectivity index (χ4v) is 2.92. The maximum atomic E-state index is 12.6. The average Bonchev–Trinajstić information content (AvgIpc) is 3.04. The van der Waals surface area contributed by atoms with Gasteiger partial charge < -0.3 is 14.6 Å². The smallest absolute Gasteiger partial charge is 0.266 e. The number of nitriles is 1. The number of aromatic nitrogens is 1. The van der Waals surface area contributed by atoms with E-state index in [1.807, 2.05) is 47.2 Å². The largest absolute Gasteiger partial charge is 0.495 e. The van der Waals surface area contributed by atoms with Crippen LogP contribution in [-0.2, 0) is 11.3 Å². The van der Waals surface area contributed by atoms with Gasteiger partial charge in [0.2, 0.25) is 0 Å². The molecule has 0 spiro atoms. The zero-order valence-corrected chi connectivity index (χ0v) is 15.0. The Morgan fingerprint density at radius 2 is 2.00 bits per heavy atom. The molecular weight excluding hydrogens is 338 g/mol. The quantitative estimate of drug-likeness (QED) is 0.404. The van der Waals surface area contributed by atoms with Gasteiger partial charge in [-0.05, 0) is 24.3 Å². The minimum atomic E-state index is -0.484. The van der Waals surface area contributed by atoms with Gasteiger partial charge in [-0.2, -0.15) is 5.26 Å². The first-order valence-electron chi connectivity index (χ1n) is 8.43. The number of anilines is 1. The van der Waals surface area contributed by atoms with Crippen LogP contribution in [0.2, 0.25) is 0 Å². The molecule has 1 heterocycles. The summed E-state index contributed by atoms with van der Waals surface area (Å²) >= 11 is 0. The number of amides is 1. The fourth-order valence-electron chi connectivity index (χ4n) is 2.92. The molecule has 0 fully saturated rings. The topological polar surface area (TPSA) is 67.0 Å². The highest BCUT2D eigenvalue weighted by Crippen LogP contribution is 2.26. The third kappa shape index (κ3) is 3.75. The van der Waals surface area contributed by atoms with Gasteiger partial charge in [0.05, 0.1) is 12.8 Å². The molecule has 0 aliphatic carbocycles. The van der Waals surface area contributed by atoms with E-state index in [1.54, 1.807) is 30.4 Å². The summed E-state index contributed by atoms with van der Waals surface area (Å²) in [6.45, 7) is 4.42. The summed E-state index contributed by atoms with van der Waals surface area (Å²) in [5.41, 5.74) is 2.35. The van der Waals surface area contributed by atoms with Crippen molar-refractivity contribution < 1.29 is 9.53 Å². The van der Waals surface area contributed by atoms with Gasteiger partial charge in [-0.3, -0.25) is 4.79 Å². The van der Waals surface area contributed by atoms with Crippen molar-refractivity contribution in [1.29, 1.82) is 5.26 Å². The summed E-state index contributed by atoms with van der Waals surface area (Å²) in [5.74, 6) is 0.0493. The van der Waals surface area contributed by atoms with Crippen LogP contribution in [0.4, 0.5) is 5.69 Å². The van der Waals surface area contributed by atoms with Crippen LogP contribution < -0.4 is 10.1 Å². The van der Waals surface area contributed by atoms with Gasteiger partial charge >= 0.3 is 0 Å². The third-order valence-electron chi connectivity index (χ3n) is 4.17. The molecule has 27 heavy (non-hydrogen) atoms. The molecule has 1 aromatic heterocycles. The van der Waals surface area contributed by atoms with Crippen LogP contribution in [0.15, 0.2) is 73.0 Å². The predicted octanol–water partition coefficient (Wildman–Crippen LogP) is 4.38. The van der Waals surface area contributed by atoms with Crippen molar-refractivity contribution in [3.05, 3.63) is 78.5 Å². The van der Waals surface area contributed by atoms with Crippen LogP contribution in [-0.4, -0.2) is 17.6 Å². The van der Waals surface area contributed by atoms with Crippen LogP contribution >= 0.6 is 0 Å². The molecule has 0 aliphatic heterocycles. The van der Waals surface area contributed by atoms with Crippen molar-refractivity contribution in [2.24, 2.45) is 0 Å². The van der Waals surface area contributed by atoms with E-state index in [4.69, 9.17) is 4.74 Å². The molecule has 2 aromatic carbocycles. The van der Waals surface area contributed by atoms with Crippen LogP contribution in [0, 0.1) is 11.3 Å². The Hall–Kier alpha value is -3.78. The molecule has 1 N–H and O–H groups in total. The van der Waals surface area contributed by atoms with E-state index in [1.165, 1.54) is 7.11 Å². The van der Waals surface area contributed by atoms with Crippen molar-refractivity contribution in [1.82, 2.24) is 4.57 Å². The second-order valence-corrected chi connectivity index (χ2v) is 5.87. The van der Waals surface area contributed by atoms with Crippen molar-refractivity contribution >= 4 is 28.6 Å². The number of nitrogens with zero attached hydrogens (tertiary/aromatic N) is 2. The van der Waals surface area contributed by atoms with Crippen LogP contribution in [0.3, 0.4) is 0 Å². The molecule has 5 nitrogen and oxygen atoms in total. The molecule has 0 unspecified atom stereocenters. The molecule has 0 radical (unpaired) electrons. The second-order valence-electron chi connectivity index (χ2n) is 5.87. The summed E-state index contributed by atoms with van der Waals surface area (Å²) in [6.07, 6.45) is 5.33. The fraction of sp³-hybridized carbons (Fsp3) is 0.0909. The molecule has 0 saturated carbocycles. The number of carbonyl (C=O) groups excluding carboxylic acids is 1. The monoisotopic (exact) mass is 357 g/mol. The first-order chi connectivity index (χ1) is 13.2. The first-order valence-corrected chi connectivity index (χ1v) is 8.43. The summed E-state index contributed by atoms with van der Waals surface area (Å²) in [5, 5.41) is 13.2. The standard InChI is InChI=1S/C22H19N3O2/c1-3-12-25-15-17(18-8-4-6-10-20(18)25)13-16(14-23)22(26)24-19-9-5-7-11-21(19)27-2/h3-11,13,15H,1,12H2,2H3,(H,24,26). The van der Waals surface area contributed by atoms with Gasteiger partial charge in [0.15, 0.2) is 0 Å². The van der Waals surface area contributed by atoms with Gasteiger partial charge in [-0.1, -0.05) is 36.4 Å². The molecule has 0 atom stereocenters. The van der Waals surface area contributed by atoms with E-state index >= 15 is 0 Å². The lowest BCUT2D eigenvalue weighted by molar-refractivity contribution is -0.112. The summed E-state index contributed by atoms with van der Waals surface area (Å²) in [4.78, 5) is 12.6. The van der Waals surface area contributed by atoms with E-state index in [0.717, 1.165) is 16.5 Å². The Balaban J connectivity index is 1.97. The highest BCUT2D eigenvalue weighted by molar-refractivity contribution is 6.11. The summed E-state index contributed by atoms with van der Waals surface area (Å²) in [7, 11) is 1.53. The molecule has 5 heteroatoms. The lowest BCUT2D eigenvalue weighted by Crippen LogP contribution is -2.14. The number of fused-ring (bicyclic) bond motifs is 1. The average molecular weight is 357 g/mol. The number of hydrogen-bond donors (Lipinski definition) is 1. The number of allylic oxidation sites excluding steroid dienone is 1. The molecule has 0 saturated heterocycles. The van der Waals surface area contributed by atoms with Gasteiger partial charge in [0.1, 0.15) is 17.4 Å². The van der Waals surface area contributed by atoms with Crippen molar-refractivity contribution in [3.63, 3.8) is 0 Å². The number of methoxy groups -OCH3 is 1. The van der Waals surface area contributed by atoms with Crippen molar-refractivity contribution in [3.8, 4) is 11.8 Å². The van der Waals surface area contributed by atoms with E-state index in [0.29, 0.717) is 18.0 Å². The number of ether oxygens (including phenoxy) is 1. The minimum absolute atomic E-state index is 0.0161. The van der Waals surface area contributed by atoms with Gasteiger partial charge in [0, 0.05) is 29.2 Å². The molecule has 3 aromatic rings. The van der Waals surface area contributed by atoms with Gasteiger partial charge in [-0.25, -0.2) is 0 Å². The van der Waals surface area contributed by atoms with Crippen molar-refractivity contribution in [2.75, 3.05) is 12.4 Å². The Morgan fingerprint density at radius 3 is 2.74 bits per heavy atom. The zero-order valence-electron chi connectivity index (χ0n) is 15.0. The zero-order chi connectivity index (χ0) is 19.2. The first kappa shape index (κ1) is 18.0. The third-order valence-corrected chi connectivity index (χ3v) is 4.17. The number of nitrogens with one attached hydrogen (secondary N) is 1. The van der Waals surface area contributed by atoms with Crippen LogP contribution in [0.1, 0.15) is 5.56 Å². The van der Waals surface area contributed by atoms with E-state index in [-0.39, 0.29) is 5.57 Å². The molecule has 1 amide bonds. The number of benzene rings is 2. The number of hydrogen-bond acceptors (Lipinski definition) is 3. The number of para-hydroxylation sites is 3. The normalized spacial score (nSPS) is 11.0. The molecule has 134 valence electrons. The highest BCUT2D eigenvalue weighted by atomic mass is 16.5. The van der Waals surface area contributed by atoms with Crippen LogP contribution in [0.25, 0.3) is 17.0 Å². The van der Waals surface area contributed by atoms with Gasteiger partial charge in [0.25, 0.3) is 5.91 Å². The summed E-state index contributed by atoms with van der Waals surface area (Å²) in [6, 6.07) is 16.9. The summed E-state index contributed by atoms with van der Waals surface area (Å²) < 4.78 is 7.27. The van der Waals surface area contributed by atoms with E-state index < -0.39 is 5.91 Å². The minimum Gasteiger partial charge on any atom is -0.495 e. The second kappa shape index (κ2) is 8.07. The molecular formula is C22H19N3O2. The lowest BCUT2D eigenvalue weighted by Gasteiger charge is -2.09. The molecule has 0 aliphatic rings. The van der Waals surface area contributed by atoms with E-state index in [2.05, 4.69) is 11.9 Å². The Morgan fingerprint density at radius 1 is 1.26 bits per heavy atom. The number of carbonyl (C=O) groups is 1. The van der Waals surface area contributed by atoms with Crippen LogP contribution in [0.5, 0.6) is 5.75 Å².